The van der Waals surface area contributed by atoms with Crippen molar-refractivity contribution in [2.24, 2.45) is 0 Å². The number of methoxy groups -OCH3 is 1. The monoisotopic (exact) mass is 346 g/mol. The summed E-state index contributed by atoms with van der Waals surface area (Å²) in [4.78, 5) is 6.70. The Balaban J connectivity index is 1.39. The minimum absolute atomic E-state index is 0.207. The third-order valence-corrected chi connectivity index (χ3v) is 4.60. The quantitative estimate of drug-likeness (QED) is 0.706. The predicted octanol–water partition coefficient (Wildman–Crippen LogP) is 3.14. The maximum atomic E-state index is 9.22. The highest BCUT2D eigenvalue weighted by atomic mass is 16.5. The lowest BCUT2D eigenvalue weighted by Gasteiger charge is -2.39. The minimum atomic E-state index is 0.207. The highest BCUT2D eigenvalue weighted by Gasteiger charge is 2.33. The molecule has 0 atom stereocenters. The van der Waals surface area contributed by atoms with Gasteiger partial charge in [-0.1, -0.05) is 29.4 Å². The molecule has 0 bridgehead atoms. The summed E-state index contributed by atoms with van der Waals surface area (Å²) in [7, 11) is 1.65. The molecule has 1 fully saturated rings. The zero-order chi connectivity index (χ0) is 17.9. The van der Waals surface area contributed by atoms with Crippen LogP contribution < -0.4 is 9.64 Å². The van der Waals surface area contributed by atoms with E-state index < -0.39 is 0 Å². The van der Waals surface area contributed by atoms with Crippen molar-refractivity contribution >= 4 is 5.69 Å². The number of rotatable bonds is 5. The molecule has 6 nitrogen and oxygen atoms in total. The normalized spacial score (nSPS) is 13.9. The van der Waals surface area contributed by atoms with Gasteiger partial charge >= 0.3 is 0 Å². The largest absolute Gasteiger partial charge is 0.497 e. The Morgan fingerprint density at radius 2 is 1.96 bits per heavy atom. The van der Waals surface area contributed by atoms with Crippen molar-refractivity contribution in [3.63, 3.8) is 0 Å². The van der Waals surface area contributed by atoms with E-state index in [1.807, 2.05) is 48.5 Å². The topological polar surface area (TPSA) is 75.2 Å². The van der Waals surface area contributed by atoms with Gasteiger partial charge in [-0.2, -0.15) is 10.2 Å². The number of hydrogen-bond donors (Lipinski definition) is 0. The van der Waals surface area contributed by atoms with E-state index in [0.717, 1.165) is 30.1 Å². The first-order valence-corrected chi connectivity index (χ1v) is 8.46. The Bertz CT molecular complexity index is 937. The lowest BCUT2D eigenvalue weighted by Crippen LogP contribution is -2.45. The molecule has 0 unspecified atom stereocenters. The van der Waals surface area contributed by atoms with Crippen molar-refractivity contribution < 1.29 is 9.26 Å². The van der Waals surface area contributed by atoms with Gasteiger partial charge in [0.05, 0.1) is 24.3 Å². The second-order valence-corrected chi connectivity index (χ2v) is 6.30. The van der Waals surface area contributed by atoms with Crippen molar-refractivity contribution in [1.82, 2.24) is 10.1 Å². The molecule has 1 aliphatic rings. The highest BCUT2D eigenvalue weighted by molar-refractivity contribution is 5.61. The van der Waals surface area contributed by atoms with Crippen LogP contribution in [0.3, 0.4) is 0 Å². The molecular formula is C20H18N4O2. The fraction of sp³-hybridized carbons (Fsp3) is 0.250. The van der Waals surface area contributed by atoms with Crippen LogP contribution >= 0.6 is 0 Å². The van der Waals surface area contributed by atoms with Crippen LogP contribution in [-0.4, -0.2) is 30.3 Å². The van der Waals surface area contributed by atoms with Gasteiger partial charge in [0.2, 0.25) is 5.89 Å². The van der Waals surface area contributed by atoms with E-state index in [0.29, 0.717) is 23.7 Å². The molecule has 0 saturated carbocycles. The first-order chi connectivity index (χ1) is 12.8. The van der Waals surface area contributed by atoms with Crippen LogP contribution in [0, 0.1) is 11.3 Å². The van der Waals surface area contributed by atoms with Gasteiger partial charge < -0.3 is 14.2 Å². The molecule has 1 saturated heterocycles. The zero-order valence-electron chi connectivity index (χ0n) is 14.4. The molecule has 130 valence electrons. The van der Waals surface area contributed by atoms with Gasteiger partial charge in [-0.15, -0.1) is 0 Å². The molecule has 0 radical (unpaired) electrons. The molecule has 4 rings (SSSR count). The van der Waals surface area contributed by atoms with E-state index >= 15 is 0 Å². The Morgan fingerprint density at radius 3 is 2.69 bits per heavy atom. The van der Waals surface area contributed by atoms with Crippen molar-refractivity contribution in [2.75, 3.05) is 25.1 Å². The molecule has 0 amide bonds. The summed E-state index contributed by atoms with van der Waals surface area (Å²) >= 11 is 0. The third-order valence-electron chi connectivity index (χ3n) is 4.60. The van der Waals surface area contributed by atoms with Crippen LogP contribution in [0.25, 0.3) is 0 Å². The second kappa shape index (κ2) is 6.89. The fourth-order valence-corrected chi connectivity index (χ4v) is 3.11. The standard InChI is InChI=1S/C20H18N4O2/c1-25-17-8-6-14(7-9-17)10-19-22-20(26-23-19)16-12-24(13-16)18-5-3-2-4-15(18)11-21/h2-9,16H,10,12-13H2,1H3. The summed E-state index contributed by atoms with van der Waals surface area (Å²) in [5.41, 5.74) is 2.76. The first kappa shape index (κ1) is 16.2. The number of aromatic nitrogens is 2. The number of benzene rings is 2. The Labute approximate surface area is 151 Å². The van der Waals surface area contributed by atoms with Gasteiger partial charge in [0, 0.05) is 19.5 Å². The van der Waals surface area contributed by atoms with Crippen LogP contribution in [-0.2, 0) is 6.42 Å². The summed E-state index contributed by atoms with van der Waals surface area (Å²) in [6.45, 7) is 1.56. The summed E-state index contributed by atoms with van der Waals surface area (Å²) < 4.78 is 10.6. The smallest absolute Gasteiger partial charge is 0.233 e. The number of nitrogens with zero attached hydrogens (tertiary/aromatic N) is 4. The van der Waals surface area contributed by atoms with E-state index in [1.165, 1.54) is 0 Å². The molecule has 1 aromatic heterocycles. The van der Waals surface area contributed by atoms with Crippen LogP contribution in [0.1, 0.15) is 28.8 Å². The van der Waals surface area contributed by atoms with E-state index in [9.17, 15) is 5.26 Å². The van der Waals surface area contributed by atoms with E-state index in [4.69, 9.17) is 9.26 Å². The molecule has 3 aromatic rings. The van der Waals surface area contributed by atoms with E-state index in [1.54, 1.807) is 7.11 Å². The Hall–Kier alpha value is -3.33. The number of hydrogen-bond acceptors (Lipinski definition) is 6. The Morgan fingerprint density at radius 1 is 1.19 bits per heavy atom. The molecule has 2 aromatic carbocycles. The number of nitriles is 1. The first-order valence-electron chi connectivity index (χ1n) is 8.46. The van der Waals surface area contributed by atoms with Gasteiger partial charge in [-0.25, -0.2) is 0 Å². The molecule has 0 N–H and O–H groups in total. The maximum Gasteiger partial charge on any atom is 0.233 e. The number of anilines is 1. The van der Waals surface area contributed by atoms with Gasteiger partial charge in [0.15, 0.2) is 5.82 Å². The average Bonchev–Trinajstić information content (AvgIpc) is 3.09. The van der Waals surface area contributed by atoms with E-state index in [-0.39, 0.29) is 5.92 Å². The third kappa shape index (κ3) is 3.11. The summed E-state index contributed by atoms with van der Waals surface area (Å²) in [5, 5.41) is 13.3. The van der Waals surface area contributed by atoms with Crippen molar-refractivity contribution in [3.05, 3.63) is 71.4 Å². The van der Waals surface area contributed by atoms with Gasteiger partial charge in [0.25, 0.3) is 0 Å². The number of para-hydroxylation sites is 1. The van der Waals surface area contributed by atoms with Crippen LogP contribution in [0.2, 0.25) is 0 Å². The lowest BCUT2D eigenvalue weighted by molar-refractivity contribution is 0.326. The van der Waals surface area contributed by atoms with Gasteiger partial charge in [-0.3, -0.25) is 0 Å². The summed E-state index contributed by atoms with van der Waals surface area (Å²) in [6, 6.07) is 17.7. The zero-order valence-corrected chi connectivity index (χ0v) is 14.4. The molecule has 6 heteroatoms. The van der Waals surface area contributed by atoms with Crippen LogP contribution in [0.15, 0.2) is 53.1 Å². The average molecular weight is 346 g/mol. The molecule has 0 aliphatic carbocycles. The molecule has 1 aliphatic heterocycles. The van der Waals surface area contributed by atoms with Crippen LogP contribution in [0.4, 0.5) is 5.69 Å². The fourth-order valence-electron chi connectivity index (χ4n) is 3.11. The molecule has 26 heavy (non-hydrogen) atoms. The van der Waals surface area contributed by atoms with Gasteiger partial charge in [-0.05, 0) is 29.8 Å². The highest BCUT2D eigenvalue weighted by Crippen LogP contribution is 2.32. The number of ether oxygens (including phenoxy) is 1. The summed E-state index contributed by atoms with van der Waals surface area (Å²) in [6.07, 6.45) is 0.626. The minimum Gasteiger partial charge on any atom is -0.497 e. The van der Waals surface area contributed by atoms with Gasteiger partial charge in [0.1, 0.15) is 11.8 Å². The molecule has 0 spiro atoms. The molecular weight excluding hydrogens is 328 g/mol. The second-order valence-electron chi connectivity index (χ2n) is 6.30. The van der Waals surface area contributed by atoms with Crippen molar-refractivity contribution in [2.45, 2.75) is 12.3 Å². The Kier molecular flexibility index (Phi) is 4.28. The maximum absolute atomic E-state index is 9.22. The van der Waals surface area contributed by atoms with Crippen molar-refractivity contribution in [1.29, 1.82) is 5.26 Å². The molecule has 2 heterocycles. The predicted molar refractivity (Wildman–Crippen MR) is 96.2 cm³/mol. The SMILES string of the molecule is COc1ccc(Cc2noc(C3CN(c4ccccc4C#N)C3)n2)cc1. The lowest BCUT2D eigenvalue weighted by atomic mass is 9.98. The van der Waals surface area contributed by atoms with E-state index in [2.05, 4.69) is 21.1 Å². The summed E-state index contributed by atoms with van der Waals surface area (Å²) in [5.74, 6) is 2.38. The van der Waals surface area contributed by atoms with Crippen molar-refractivity contribution in [3.8, 4) is 11.8 Å². The van der Waals surface area contributed by atoms with Crippen LogP contribution in [0.5, 0.6) is 5.75 Å².